The summed E-state index contributed by atoms with van der Waals surface area (Å²) in [4.78, 5) is 11.3. The van der Waals surface area contributed by atoms with E-state index in [1.54, 1.807) is 13.0 Å². The van der Waals surface area contributed by atoms with Crippen molar-refractivity contribution in [2.75, 3.05) is 6.61 Å². The van der Waals surface area contributed by atoms with Gasteiger partial charge < -0.3 is 10.1 Å². The first-order valence-electron chi connectivity index (χ1n) is 5.59. The van der Waals surface area contributed by atoms with Gasteiger partial charge in [-0.2, -0.15) is 0 Å². The minimum atomic E-state index is -0.449. The summed E-state index contributed by atoms with van der Waals surface area (Å²) in [6.07, 6.45) is -0.449. The van der Waals surface area contributed by atoms with Gasteiger partial charge in [-0.1, -0.05) is 26.0 Å². The van der Waals surface area contributed by atoms with Gasteiger partial charge in [0, 0.05) is 5.41 Å². The van der Waals surface area contributed by atoms with Gasteiger partial charge in [0.25, 0.3) is 0 Å². The van der Waals surface area contributed by atoms with Gasteiger partial charge in [0.15, 0.2) is 0 Å². The molecule has 1 fully saturated rings. The SMILES string of the molecule is Cc1ccc([C@H]2NC(=O)OCC2(C)C)cc1F.Cl. The van der Waals surface area contributed by atoms with Crippen LogP contribution in [0, 0.1) is 18.2 Å². The molecule has 1 amide bonds. The molecule has 0 aliphatic carbocycles. The van der Waals surface area contributed by atoms with Crippen molar-refractivity contribution in [3.8, 4) is 0 Å². The summed E-state index contributed by atoms with van der Waals surface area (Å²) in [6.45, 7) is 6.01. The van der Waals surface area contributed by atoms with Gasteiger partial charge in [0.05, 0.1) is 6.04 Å². The third-order valence-electron chi connectivity index (χ3n) is 3.15. The maximum atomic E-state index is 13.5. The van der Waals surface area contributed by atoms with Crippen LogP contribution in [0.3, 0.4) is 0 Å². The van der Waals surface area contributed by atoms with Gasteiger partial charge in [-0.15, -0.1) is 12.4 Å². The summed E-state index contributed by atoms with van der Waals surface area (Å²) < 4.78 is 18.5. The van der Waals surface area contributed by atoms with Crippen molar-refractivity contribution in [2.45, 2.75) is 26.8 Å². The van der Waals surface area contributed by atoms with Gasteiger partial charge in [0.2, 0.25) is 0 Å². The van der Waals surface area contributed by atoms with Crippen molar-refractivity contribution in [1.29, 1.82) is 0 Å². The topological polar surface area (TPSA) is 38.3 Å². The Morgan fingerprint density at radius 1 is 1.44 bits per heavy atom. The molecule has 1 saturated heterocycles. The first-order chi connectivity index (χ1) is 7.90. The molecule has 100 valence electrons. The Morgan fingerprint density at radius 2 is 2.11 bits per heavy atom. The molecule has 0 unspecified atom stereocenters. The number of halogens is 2. The van der Waals surface area contributed by atoms with Crippen LogP contribution in [0.5, 0.6) is 0 Å². The van der Waals surface area contributed by atoms with E-state index < -0.39 is 6.09 Å². The molecule has 1 N–H and O–H groups in total. The number of hydrogen-bond donors (Lipinski definition) is 1. The third kappa shape index (κ3) is 2.75. The van der Waals surface area contributed by atoms with E-state index in [1.807, 2.05) is 19.9 Å². The van der Waals surface area contributed by atoms with Crippen molar-refractivity contribution in [3.05, 3.63) is 35.1 Å². The molecule has 0 saturated carbocycles. The number of carbonyl (C=O) groups is 1. The molecule has 3 nitrogen and oxygen atoms in total. The molecule has 0 aromatic heterocycles. The lowest BCUT2D eigenvalue weighted by molar-refractivity contribution is 0.0386. The van der Waals surface area contributed by atoms with Crippen LogP contribution in [-0.4, -0.2) is 12.7 Å². The van der Waals surface area contributed by atoms with E-state index >= 15 is 0 Å². The second kappa shape index (κ2) is 5.14. The van der Waals surface area contributed by atoms with E-state index in [1.165, 1.54) is 6.07 Å². The van der Waals surface area contributed by atoms with Crippen molar-refractivity contribution in [2.24, 2.45) is 5.41 Å². The van der Waals surface area contributed by atoms with Crippen LogP contribution in [-0.2, 0) is 4.74 Å². The Balaban J connectivity index is 0.00000162. The van der Waals surface area contributed by atoms with E-state index in [2.05, 4.69) is 5.32 Å². The first-order valence-corrected chi connectivity index (χ1v) is 5.59. The van der Waals surface area contributed by atoms with E-state index in [0.29, 0.717) is 12.2 Å². The summed E-state index contributed by atoms with van der Waals surface area (Å²) in [7, 11) is 0. The molecule has 5 heteroatoms. The fourth-order valence-corrected chi connectivity index (χ4v) is 2.01. The highest BCUT2D eigenvalue weighted by molar-refractivity contribution is 5.85. The monoisotopic (exact) mass is 273 g/mol. The lowest BCUT2D eigenvalue weighted by atomic mass is 9.80. The van der Waals surface area contributed by atoms with E-state index in [-0.39, 0.29) is 29.7 Å². The molecule has 18 heavy (non-hydrogen) atoms. The van der Waals surface area contributed by atoms with Crippen LogP contribution < -0.4 is 5.32 Å². The second-order valence-corrected chi connectivity index (χ2v) is 5.15. The van der Waals surface area contributed by atoms with Gasteiger partial charge in [-0.3, -0.25) is 0 Å². The Morgan fingerprint density at radius 3 is 2.72 bits per heavy atom. The van der Waals surface area contributed by atoms with E-state index in [9.17, 15) is 9.18 Å². The van der Waals surface area contributed by atoms with Crippen LogP contribution in [0.4, 0.5) is 9.18 Å². The number of aryl methyl sites for hydroxylation is 1. The highest BCUT2D eigenvalue weighted by Gasteiger charge is 2.37. The fourth-order valence-electron chi connectivity index (χ4n) is 2.01. The number of amides is 1. The van der Waals surface area contributed by atoms with Crippen LogP contribution in [0.2, 0.25) is 0 Å². The average Bonchev–Trinajstić information content (AvgIpc) is 2.26. The molecule has 0 bridgehead atoms. The largest absolute Gasteiger partial charge is 0.449 e. The molecule has 1 aromatic rings. The lowest BCUT2D eigenvalue weighted by Gasteiger charge is -2.38. The van der Waals surface area contributed by atoms with Crippen molar-refractivity contribution < 1.29 is 13.9 Å². The van der Waals surface area contributed by atoms with Gasteiger partial charge in [0.1, 0.15) is 12.4 Å². The lowest BCUT2D eigenvalue weighted by Crippen LogP contribution is -2.46. The highest BCUT2D eigenvalue weighted by atomic mass is 35.5. The Hall–Kier alpha value is -1.29. The molecule has 2 rings (SSSR count). The molecule has 1 atom stereocenters. The Bertz CT molecular complexity index is 462. The molecule has 1 aliphatic heterocycles. The standard InChI is InChI=1S/C13H16FNO2.ClH/c1-8-4-5-9(6-10(8)14)11-13(2,3)7-17-12(16)15-11;/h4-6,11H,7H2,1-3H3,(H,15,16);1H/t11-;/m1./s1. The molecule has 1 heterocycles. The zero-order valence-electron chi connectivity index (χ0n) is 10.6. The van der Waals surface area contributed by atoms with Crippen LogP contribution in [0.15, 0.2) is 18.2 Å². The molecule has 0 radical (unpaired) electrons. The first kappa shape index (κ1) is 14.8. The third-order valence-corrected chi connectivity index (χ3v) is 3.15. The number of hydrogen-bond acceptors (Lipinski definition) is 2. The van der Waals surface area contributed by atoms with Crippen molar-refractivity contribution >= 4 is 18.5 Å². The number of cyclic esters (lactones) is 1. The predicted molar refractivity (Wildman–Crippen MR) is 69.4 cm³/mol. The van der Waals surface area contributed by atoms with Crippen molar-refractivity contribution in [1.82, 2.24) is 5.32 Å². The quantitative estimate of drug-likeness (QED) is 0.852. The molecular formula is C13H17ClFNO2. The van der Waals surface area contributed by atoms with Crippen LogP contribution in [0.25, 0.3) is 0 Å². The summed E-state index contributed by atoms with van der Waals surface area (Å²) in [5, 5.41) is 2.74. The van der Waals surface area contributed by atoms with Gasteiger partial charge in [-0.05, 0) is 24.1 Å². The number of benzene rings is 1. The maximum absolute atomic E-state index is 13.5. The molecule has 1 aromatic carbocycles. The zero-order chi connectivity index (χ0) is 12.6. The van der Waals surface area contributed by atoms with E-state index in [4.69, 9.17) is 4.74 Å². The van der Waals surface area contributed by atoms with Crippen LogP contribution >= 0.6 is 12.4 Å². The summed E-state index contributed by atoms with van der Waals surface area (Å²) in [5.74, 6) is -0.251. The Kier molecular flexibility index (Phi) is 4.22. The summed E-state index contributed by atoms with van der Waals surface area (Å²) in [5.41, 5.74) is 1.12. The number of carbonyl (C=O) groups excluding carboxylic acids is 1. The average molecular weight is 274 g/mol. The second-order valence-electron chi connectivity index (χ2n) is 5.15. The normalized spacial score (nSPS) is 21.6. The zero-order valence-corrected chi connectivity index (χ0v) is 11.4. The highest BCUT2D eigenvalue weighted by Crippen LogP contribution is 2.36. The minimum absolute atomic E-state index is 0. The van der Waals surface area contributed by atoms with E-state index in [0.717, 1.165) is 5.56 Å². The summed E-state index contributed by atoms with van der Waals surface area (Å²) >= 11 is 0. The van der Waals surface area contributed by atoms with Gasteiger partial charge >= 0.3 is 6.09 Å². The Labute approximate surface area is 112 Å². The molecule has 0 spiro atoms. The number of alkyl carbamates (subject to hydrolysis) is 1. The molecular weight excluding hydrogens is 257 g/mol. The number of nitrogens with one attached hydrogen (secondary N) is 1. The fraction of sp³-hybridized carbons (Fsp3) is 0.462. The summed E-state index contributed by atoms with van der Waals surface area (Å²) in [6, 6.07) is 4.82. The maximum Gasteiger partial charge on any atom is 0.407 e. The number of rotatable bonds is 1. The van der Waals surface area contributed by atoms with Crippen molar-refractivity contribution in [3.63, 3.8) is 0 Å². The van der Waals surface area contributed by atoms with Crippen LogP contribution in [0.1, 0.15) is 31.0 Å². The number of ether oxygens (including phenoxy) is 1. The molecule has 1 aliphatic rings. The predicted octanol–water partition coefficient (Wildman–Crippen LogP) is 3.36. The smallest absolute Gasteiger partial charge is 0.407 e. The van der Waals surface area contributed by atoms with Gasteiger partial charge in [-0.25, -0.2) is 9.18 Å². The minimum Gasteiger partial charge on any atom is -0.449 e.